The van der Waals surface area contributed by atoms with E-state index in [1.165, 1.54) is 29.1 Å². The molecule has 6 rings (SSSR count). The predicted octanol–water partition coefficient (Wildman–Crippen LogP) is 8.98. The van der Waals surface area contributed by atoms with Gasteiger partial charge in [0.15, 0.2) is 11.3 Å². The molecule has 5 heterocycles. The van der Waals surface area contributed by atoms with Crippen LogP contribution in [-0.4, -0.2) is 98.5 Å². The molecule has 0 spiro atoms. The van der Waals surface area contributed by atoms with Crippen molar-refractivity contribution in [2.45, 2.75) is 111 Å². The van der Waals surface area contributed by atoms with Crippen LogP contribution in [0.1, 0.15) is 48.4 Å². The molecule has 0 saturated heterocycles. The Bertz CT molecular complexity index is 2530. The number of nitrogens with one attached hydrogen (secondary N) is 2. The molecule has 6 aromatic rings. The van der Waals surface area contributed by atoms with E-state index in [9.17, 15) is 22.8 Å². The molecule has 15 nitrogen and oxygen atoms in total. The fourth-order valence-electron chi connectivity index (χ4n) is 6.12. The third-order valence-corrected chi connectivity index (χ3v) is 13.0. The largest absolute Gasteiger partial charge is 0.573 e. The van der Waals surface area contributed by atoms with Gasteiger partial charge in [-0.2, -0.15) is 5.10 Å². The topological polar surface area (TPSA) is 165 Å². The van der Waals surface area contributed by atoms with E-state index in [2.05, 4.69) is 90.6 Å². The Kier molecular flexibility index (Phi) is 15.4. The first kappa shape index (κ1) is 48.3. The molecule has 5 aromatic heterocycles. The molecule has 21 heteroatoms. The van der Waals surface area contributed by atoms with Gasteiger partial charge >= 0.3 is 6.36 Å². The number of aromatic nitrogens is 8. The summed E-state index contributed by atoms with van der Waals surface area (Å²) in [4.78, 5) is 43.5. The minimum absolute atomic E-state index is 0.0593. The van der Waals surface area contributed by atoms with Crippen LogP contribution >= 0.6 is 15.9 Å². The van der Waals surface area contributed by atoms with E-state index in [1.54, 1.807) is 30.2 Å². The first-order valence-corrected chi connectivity index (χ1v) is 28.5. The number of alkyl halides is 3. The van der Waals surface area contributed by atoms with E-state index in [-0.39, 0.29) is 36.4 Å². The third kappa shape index (κ3) is 13.2. The van der Waals surface area contributed by atoms with Crippen LogP contribution < -0.4 is 15.4 Å². The van der Waals surface area contributed by atoms with Crippen LogP contribution in [0.4, 0.5) is 13.2 Å². The molecule has 0 aliphatic rings. The van der Waals surface area contributed by atoms with Gasteiger partial charge in [-0.25, -0.2) is 19.9 Å². The van der Waals surface area contributed by atoms with Crippen molar-refractivity contribution in [2.24, 2.45) is 7.05 Å². The minimum Gasteiger partial charge on any atom is -0.406 e. The monoisotopic (exact) mass is 960 g/mol. The number of aryl methyl sites for hydroxylation is 1. The fourth-order valence-corrected chi connectivity index (χ4v) is 7.91. The second-order valence-corrected chi connectivity index (χ2v) is 30.0. The molecule has 0 aliphatic carbocycles. The summed E-state index contributed by atoms with van der Waals surface area (Å²) >= 11 is 3.32. The van der Waals surface area contributed by atoms with Crippen LogP contribution in [0.3, 0.4) is 0 Å². The SMILES string of the molecule is CC(C)NC(=O)c1cn(COCC[Si](C)(C)C)c2ncc(-c3nn(C)c4ccc(OC(F)(F)F)cc34)nc12.CC(C)NC(=O)c1cn(COCC[Si](C)(C)C)c2ncc(Br)nc12. The maximum atomic E-state index is 13.0. The Morgan fingerprint density at radius 1 is 0.790 bits per heavy atom. The lowest BCUT2D eigenvalue weighted by Crippen LogP contribution is -2.30. The highest BCUT2D eigenvalue weighted by atomic mass is 79.9. The van der Waals surface area contributed by atoms with E-state index < -0.39 is 22.5 Å². The first-order valence-electron chi connectivity index (χ1n) is 20.3. The van der Waals surface area contributed by atoms with Gasteiger partial charge in [0.05, 0.1) is 29.0 Å². The third-order valence-electron chi connectivity index (χ3n) is 9.18. The summed E-state index contributed by atoms with van der Waals surface area (Å²) in [6.45, 7) is 23.2. The van der Waals surface area contributed by atoms with Crippen LogP contribution in [0, 0.1) is 0 Å². The molecule has 0 fully saturated rings. The molecule has 2 amide bonds. The number of amides is 2. The van der Waals surface area contributed by atoms with Gasteiger partial charge < -0.3 is 34.0 Å². The minimum atomic E-state index is -4.83. The lowest BCUT2D eigenvalue weighted by molar-refractivity contribution is -0.274. The molecule has 336 valence electrons. The van der Waals surface area contributed by atoms with Crippen molar-refractivity contribution in [3.63, 3.8) is 0 Å². The standard InChI is InChI=1S/C25H31F3N6O3Si.C16H25BrN4O2Si/c1-15(2)30-24(35)18-13-34(14-36-9-10-38(4,5)6)23-22(18)31-19(12-29-23)21-17-11-16(37-25(26,27)28)7-8-20(17)33(3)32-21;1-11(2)19-16(22)12-9-21(10-23-6-7-24(3,4)5)15-14(12)20-13(17)8-18-15/h7-8,11-13,15H,9-10,14H2,1-6H3,(H,30,35);8-9,11H,6-7,10H2,1-5H3,(H,19,22). The lowest BCUT2D eigenvalue weighted by Gasteiger charge is -2.15. The average molecular weight is 962 g/mol. The average Bonchev–Trinajstić information content (AvgIpc) is 3.80. The zero-order chi connectivity index (χ0) is 45.7. The van der Waals surface area contributed by atoms with E-state index in [0.717, 1.165) is 12.1 Å². The normalized spacial score (nSPS) is 12.4. The molecular weight excluding hydrogens is 906 g/mol. The summed E-state index contributed by atoms with van der Waals surface area (Å²) in [5, 5.41) is 10.7. The molecule has 0 aliphatic heterocycles. The Morgan fingerprint density at radius 2 is 1.29 bits per heavy atom. The molecule has 0 unspecified atom stereocenters. The van der Waals surface area contributed by atoms with E-state index in [0.29, 0.717) is 80.3 Å². The van der Waals surface area contributed by atoms with Gasteiger partial charge in [0, 0.05) is 66.3 Å². The highest BCUT2D eigenvalue weighted by Gasteiger charge is 2.31. The summed E-state index contributed by atoms with van der Waals surface area (Å²) in [6.07, 6.45) is 1.72. The summed E-state index contributed by atoms with van der Waals surface area (Å²) in [7, 11) is -0.711. The van der Waals surface area contributed by atoms with Crippen LogP contribution in [0.2, 0.25) is 51.4 Å². The van der Waals surface area contributed by atoms with Gasteiger partial charge in [-0.3, -0.25) is 14.3 Å². The van der Waals surface area contributed by atoms with E-state index in [4.69, 9.17) is 14.5 Å². The van der Waals surface area contributed by atoms with Crippen molar-refractivity contribution >= 4 is 77.1 Å². The van der Waals surface area contributed by atoms with Gasteiger partial charge in [-0.1, -0.05) is 39.3 Å². The van der Waals surface area contributed by atoms with Gasteiger partial charge in [0.1, 0.15) is 46.2 Å². The second-order valence-electron chi connectivity index (χ2n) is 18.0. The number of halogens is 4. The number of hydrogen-bond acceptors (Lipinski definition) is 10. The molecule has 2 N–H and O–H groups in total. The molecule has 62 heavy (non-hydrogen) atoms. The molecule has 0 radical (unpaired) electrons. The number of carbonyl (C=O) groups is 2. The maximum absolute atomic E-state index is 13.0. The Labute approximate surface area is 369 Å². The molecule has 0 atom stereocenters. The number of carbonyl (C=O) groups excluding carboxylic acids is 2. The number of fused-ring (bicyclic) bond motifs is 3. The number of ether oxygens (including phenoxy) is 3. The maximum Gasteiger partial charge on any atom is 0.573 e. The van der Waals surface area contributed by atoms with E-state index >= 15 is 0 Å². The summed E-state index contributed by atoms with van der Waals surface area (Å²) in [6, 6.07) is 6.04. The zero-order valence-electron chi connectivity index (χ0n) is 37.1. The predicted molar refractivity (Wildman–Crippen MR) is 243 cm³/mol. The second kappa shape index (κ2) is 19.8. The van der Waals surface area contributed by atoms with Crippen molar-refractivity contribution in [3.8, 4) is 17.1 Å². The summed E-state index contributed by atoms with van der Waals surface area (Å²) in [5.74, 6) is -0.834. The highest BCUT2D eigenvalue weighted by Crippen LogP contribution is 2.33. The van der Waals surface area contributed by atoms with Crippen LogP contribution in [-0.2, 0) is 30.0 Å². The first-order chi connectivity index (χ1) is 28.9. The van der Waals surface area contributed by atoms with Gasteiger partial charge in [-0.05, 0) is 73.9 Å². The number of nitrogens with zero attached hydrogens (tertiary/aromatic N) is 8. The van der Waals surface area contributed by atoms with Crippen molar-refractivity contribution in [2.75, 3.05) is 13.2 Å². The van der Waals surface area contributed by atoms with Crippen LogP contribution in [0.25, 0.3) is 44.6 Å². The summed E-state index contributed by atoms with van der Waals surface area (Å²) in [5.41, 5.74) is 4.08. The molecular formula is C41H56BrF3N10O5Si2. The fraction of sp³-hybridized carbons (Fsp3) is 0.488. The molecule has 0 bridgehead atoms. The number of benzene rings is 1. The van der Waals surface area contributed by atoms with Crippen molar-refractivity contribution < 1.29 is 37.0 Å². The van der Waals surface area contributed by atoms with Crippen molar-refractivity contribution in [1.82, 2.24) is 49.5 Å². The van der Waals surface area contributed by atoms with E-state index in [1.807, 2.05) is 32.3 Å². The van der Waals surface area contributed by atoms with Gasteiger partial charge in [-0.15, -0.1) is 13.2 Å². The lowest BCUT2D eigenvalue weighted by atomic mass is 10.1. The zero-order valence-corrected chi connectivity index (χ0v) is 40.7. The summed E-state index contributed by atoms with van der Waals surface area (Å²) < 4.78 is 59.9. The Hall–Kier alpha value is -4.71. The molecule has 0 saturated carbocycles. The van der Waals surface area contributed by atoms with Gasteiger partial charge in [0.2, 0.25) is 0 Å². The Balaban J connectivity index is 0.000000260. The molecule has 1 aromatic carbocycles. The smallest absolute Gasteiger partial charge is 0.406 e. The van der Waals surface area contributed by atoms with Crippen molar-refractivity contribution in [3.05, 3.63) is 58.7 Å². The van der Waals surface area contributed by atoms with Crippen molar-refractivity contribution in [1.29, 1.82) is 0 Å². The highest BCUT2D eigenvalue weighted by molar-refractivity contribution is 9.10. The number of hydrogen-bond donors (Lipinski definition) is 2. The quantitative estimate of drug-likeness (QED) is 0.0707. The number of rotatable bonds is 16. The Morgan fingerprint density at radius 3 is 1.77 bits per heavy atom. The van der Waals surface area contributed by atoms with Crippen LogP contribution in [0.5, 0.6) is 5.75 Å². The van der Waals surface area contributed by atoms with Crippen LogP contribution in [0.15, 0.2) is 47.6 Å². The van der Waals surface area contributed by atoms with Gasteiger partial charge in [0.25, 0.3) is 11.8 Å².